The number of hydrazine groups is 1. The second-order valence-corrected chi connectivity index (χ2v) is 4.92. The fraction of sp³-hybridized carbons (Fsp3) is 0.214. The number of carbonyl (C=O) groups is 1. The van der Waals surface area contributed by atoms with Gasteiger partial charge in [0, 0.05) is 11.4 Å². The van der Waals surface area contributed by atoms with Crippen molar-refractivity contribution in [2.45, 2.75) is 13.8 Å². The Morgan fingerprint density at radius 2 is 1.95 bits per heavy atom. The molecule has 0 aliphatic carbocycles. The van der Waals surface area contributed by atoms with Crippen LogP contribution in [0.2, 0.25) is 5.02 Å². The fourth-order valence-corrected chi connectivity index (χ4v) is 1.90. The molecule has 0 saturated heterocycles. The van der Waals surface area contributed by atoms with Crippen molar-refractivity contribution in [3.05, 3.63) is 46.5 Å². The van der Waals surface area contributed by atoms with Crippen molar-refractivity contribution in [2.75, 3.05) is 12.0 Å². The predicted molar refractivity (Wildman–Crippen MR) is 80.2 cm³/mol. The van der Waals surface area contributed by atoms with Gasteiger partial charge in [0.2, 0.25) is 5.95 Å². The first-order chi connectivity index (χ1) is 10.4. The van der Waals surface area contributed by atoms with E-state index in [1.54, 1.807) is 0 Å². The zero-order valence-electron chi connectivity index (χ0n) is 12.0. The van der Waals surface area contributed by atoms with Crippen molar-refractivity contribution in [1.82, 2.24) is 15.4 Å². The van der Waals surface area contributed by atoms with Gasteiger partial charge in [-0.15, -0.1) is 0 Å². The Bertz CT molecular complexity index is 676. The Balaban J connectivity index is 1.85. The number of hydrogen-bond donors (Lipinski definition) is 2. The van der Waals surface area contributed by atoms with Gasteiger partial charge in [0.1, 0.15) is 11.6 Å². The Kier molecular flexibility index (Phi) is 5.11. The Hall–Kier alpha value is -2.41. The van der Waals surface area contributed by atoms with Crippen LogP contribution in [-0.2, 0) is 4.79 Å². The van der Waals surface area contributed by atoms with Gasteiger partial charge in [-0.05, 0) is 38.1 Å². The smallest absolute Gasteiger partial charge is 0.276 e. The van der Waals surface area contributed by atoms with Crippen molar-refractivity contribution < 1.29 is 13.9 Å². The van der Waals surface area contributed by atoms with Gasteiger partial charge in [-0.2, -0.15) is 0 Å². The van der Waals surface area contributed by atoms with Crippen molar-refractivity contribution in [1.29, 1.82) is 0 Å². The third-order valence-corrected chi connectivity index (χ3v) is 2.84. The van der Waals surface area contributed by atoms with E-state index in [-0.39, 0.29) is 23.3 Å². The average Bonchev–Trinajstić information content (AvgIpc) is 2.43. The number of amides is 1. The second kappa shape index (κ2) is 7.04. The van der Waals surface area contributed by atoms with E-state index in [9.17, 15) is 9.18 Å². The molecule has 22 heavy (non-hydrogen) atoms. The molecule has 116 valence electrons. The van der Waals surface area contributed by atoms with Crippen LogP contribution in [0.5, 0.6) is 5.75 Å². The molecule has 0 aliphatic heterocycles. The molecule has 0 aliphatic rings. The molecule has 0 bridgehead atoms. The largest absolute Gasteiger partial charge is 0.482 e. The maximum absolute atomic E-state index is 12.9. The van der Waals surface area contributed by atoms with Crippen LogP contribution < -0.4 is 15.6 Å². The standard InChI is InChI=1S/C14H14ClFN4O2/c1-8-5-9(2)18-14(17-8)20-19-13(21)7-22-12-4-3-10(16)6-11(12)15/h3-6H,7H2,1-2H3,(H,19,21)(H,17,18,20). The highest BCUT2D eigenvalue weighted by atomic mass is 35.5. The first-order valence-corrected chi connectivity index (χ1v) is 6.77. The van der Waals surface area contributed by atoms with Gasteiger partial charge >= 0.3 is 0 Å². The number of halogens is 2. The van der Waals surface area contributed by atoms with E-state index >= 15 is 0 Å². The van der Waals surface area contributed by atoms with E-state index < -0.39 is 11.7 Å². The lowest BCUT2D eigenvalue weighted by Crippen LogP contribution is -2.34. The lowest BCUT2D eigenvalue weighted by atomic mass is 10.3. The lowest BCUT2D eigenvalue weighted by Gasteiger charge is -2.10. The van der Waals surface area contributed by atoms with Crippen molar-refractivity contribution >= 4 is 23.5 Å². The number of hydrogen-bond acceptors (Lipinski definition) is 5. The zero-order valence-corrected chi connectivity index (χ0v) is 12.7. The van der Waals surface area contributed by atoms with E-state index in [0.717, 1.165) is 17.5 Å². The fourth-order valence-electron chi connectivity index (χ4n) is 1.68. The molecule has 0 saturated carbocycles. The van der Waals surface area contributed by atoms with Crippen LogP contribution in [0.1, 0.15) is 11.4 Å². The van der Waals surface area contributed by atoms with Gasteiger partial charge < -0.3 is 4.74 Å². The first kappa shape index (κ1) is 16.0. The van der Waals surface area contributed by atoms with Gasteiger partial charge in [0.05, 0.1) is 5.02 Å². The second-order valence-electron chi connectivity index (χ2n) is 4.51. The molecular formula is C14H14ClFN4O2. The Morgan fingerprint density at radius 1 is 1.27 bits per heavy atom. The zero-order chi connectivity index (χ0) is 16.1. The van der Waals surface area contributed by atoms with Crippen molar-refractivity contribution in [3.63, 3.8) is 0 Å². The summed E-state index contributed by atoms with van der Waals surface area (Å²) in [7, 11) is 0. The number of aryl methyl sites for hydroxylation is 2. The summed E-state index contributed by atoms with van der Waals surface area (Å²) >= 11 is 5.79. The summed E-state index contributed by atoms with van der Waals surface area (Å²) in [5.74, 6) is -0.426. The summed E-state index contributed by atoms with van der Waals surface area (Å²) in [5.41, 5.74) is 6.54. The molecule has 2 rings (SSSR count). The van der Waals surface area contributed by atoms with E-state index in [1.807, 2.05) is 19.9 Å². The van der Waals surface area contributed by atoms with Crippen LogP contribution in [-0.4, -0.2) is 22.5 Å². The topological polar surface area (TPSA) is 76.1 Å². The van der Waals surface area contributed by atoms with Crippen LogP contribution in [0.4, 0.5) is 10.3 Å². The lowest BCUT2D eigenvalue weighted by molar-refractivity contribution is -0.122. The number of rotatable bonds is 5. The predicted octanol–water partition coefficient (Wildman–Crippen LogP) is 2.41. The normalized spacial score (nSPS) is 10.2. The summed E-state index contributed by atoms with van der Waals surface area (Å²) < 4.78 is 18.1. The third-order valence-electron chi connectivity index (χ3n) is 2.55. The van der Waals surface area contributed by atoms with E-state index in [4.69, 9.17) is 16.3 Å². The SMILES string of the molecule is Cc1cc(C)nc(NNC(=O)COc2ccc(F)cc2Cl)n1. The molecule has 0 radical (unpaired) electrons. The quantitative estimate of drug-likeness (QED) is 0.826. The number of nitrogens with zero attached hydrogens (tertiary/aromatic N) is 2. The summed E-state index contributed by atoms with van der Waals surface area (Å²) in [6.45, 7) is 3.35. The maximum Gasteiger partial charge on any atom is 0.276 e. The minimum absolute atomic E-state index is 0.0957. The molecule has 0 atom stereocenters. The average molecular weight is 325 g/mol. The van der Waals surface area contributed by atoms with Crippen LogP contribution in [0, 0.1) is 19.7 Å². The highest BCUT2D eigenvalue weighted by Crippen LogP contribution is 2.24. The highest BCUT2D eigenvalue weighted by Gasteiger charge is 2.07. The molecule has 0 unspecified atom stereocenters. The van der Waals surface area contributed by atoms with Gasteiger partial charge in [0.25, 0.3) is 5.91 Å². The monoisotopic (exact) mass is 324 g/mol. The highest BCUT2D eigenvalue weighted by molar-refractivity contribution is 6.32. The summed E-state index contributed by atoms with van der Waals surface area (Å²) in [6.07, 6.45) is 0. The Labute approximate surface area is 131 Å². The molecule has 0 fully saturated rings. The van der Waals surface area contributed by atoms with Crippen LogP contribution in [0.3, 0.4) is 0 Å². The molecule has 1 aromatic carbocycles. The number of ether oxygens (including phenoxy) is 1. The minimum atomic E-state index is -0.476. The summed E-state index contributed by atoms with van der Waals surface area (Å²) in [5, 5.41) is 0.0957. The van der Waals surface area contributed by atoms with Gasteiger partial charge in [-0.3, -0.25) is 15.6 Å². The number of nitrogens with one attached hydrogen (secondary N) is 2. The van der Waals surface area contributed by atoms with Gasteiger partial charge in [-0.25, -0.2) is 14.4 Å². The number of carbonyl (C=O) groups excluding carboxylic acids is 1. The number of anilines is 1. The number of benzene rings is 1. The number of aromatic nitrogens is 2. The molecule has 1 aromatic heterocycles. The molecule has 8 heteroatoms. The minimum Gasteiger partial charge on any atom is -0.482 e. The Morgan fingerprint density at radius 3 is 2.59 bits per heavy atom. The summed E-state index contributed by atoms with van der Waals surface area (Å²) in [4.78, 5) is 19.9. The van der Waals surface area contributed by atoms with E-state index in [2.05, 4.69) is 20.8 Å². The van der Waals surface area contributed by atoms with Gasteiger partial charge in [0.15, 0.2) is 6.61 Å². The van der Waals surface area contributed by atoms with Crippen molar-refractivity contribution in [2.24, 2.45) is 0 Å². The molecular weight excluding hydrogens is 311 g/mol. The third kappa shape index (κ3) is 4.56. The maximum atomic E-state index is 12.9. The molecule has 1 heterocycles. The molecule has 2 aromatic rings. The van der Waals surface area contributed by atoms with Crippen LogP contribution in [0.15, 0.2) is 24.3 Å². The molecule has 1 amide bonds. The molecule has 2 N–H and O–H groups in total. The molecule has 0 spiro atoms. The van der Waals surface area contributed by atoms with Crippen LogP contribution >= 0.6 is 11.6 Å². The summed E-state index contributed by atoms with van der Waals surface area (Å²) in [6, 6.07) is 5.47. The first-order valence-electron chi connectivity index (χ1n) is 6.39. The van der Waals surface area contributed by atoms with E-state index in [1.165, 1.54) is 12.1 Å². The van der Waals surface area contributed by atoms with E-state index in [0.29, 0.717) is 0 Å². The van der Waals surface area contributed by atoms with Gasteiger partial charge in [-0.1, -0.05) is 11.6 Å². The van der Waals surface area contributed by atoms with Crippen molar-refractivity contribution in [3.8, 4) is 5.75 Å². The van der Waals surface area contributed by atoms with Crippen LogP contribution in [0.25, 0.3) is 0 Å². The molecule has 6 nitrogen and oxygen atoms in total.